The number of amides is 1. The van der Waals surface area contributed by atoms with Crippen molar-refractivity contribution in [3.63, 3.8) is 0 Å². The third-order valence-corrected chi connectivity index (χ3v) is 4.77. The van der Waals surface area contributed by atoms with Gasteiger partial charge in [-0.1, -0.05) is 0 Å². The van der Waals surface area contributed by atoms with Crippen molar-refractivity contribution in [3.8, 4) is 0 Å². The smallest absolute Gasteiger partial charge is 0.269 e. The van der Waals surface area contributed by atoms with Crippen molar-refractivity contribution in [1.82, 2.24) is 29.6 Å². The van der Waals surface area contributed by atoms with E-state index in [0.717, 1.165) is 43.0 Å². The molecule has 0 spiro atoms. The van der Waals surface area contributed by atoms with E-state index >= 15 is 0 Å². The Bertz CT molecular complexity index is 905. The first-order valence-electron chi connectivity index (χ1n) is 8.45. The number of imidazole rings is 1. The fourth-order valence-electron chi connectivity index (χ4n) is 3.37. The summed E-state index contributed by atoms with van der Waals surface area (Å²) in [6, 6.07) is 5.79. The number of aryl methyl sites for hydroxylation is 2. The van der Waals surface area contributed by atoms with Gasteiger partial charge in [-0.25, -0.2) is 9.97 Å². The number of rotatable bonds is 3. The van der Waals surface area contributed by atoms with E-state index in [9.17, 15) is 4.79 Å². The van der Waals surface area contributed by atoms with Crippen molar-refractivity contribution in [2.75, 3.05) is 18.0 Å². The van der Waals surface area contributed by atoms with Crippen molar-refractivity contribution >= 4 is 23.0 Å². The predicted molar refractivity (Wildman–Crippen MR) is 94.4 cm³/mol. The summed E-state index contributed by atoms with van der Waals surface area (Å²) in [5.74, 6) is 0.871. The van der Waals surface area contributed by atoms with E-state index in [0.29, 0.717) is 5.69 Å². The third kappa shape index (κ3) is 2.84. The van der Waals surface area contributed by atoms with Gasteiger partial charge in [-0.15, -0.1) is 0 Å². The van der Waals surface area contributed by atoms with Crippen LogP contribution < -0.4 is 10.2 Å². The van der Waals surface area contributed by atoms with Gasteiger partial charge in [-0.05, 0) is 31.0 Å². The molecule has 0 aliphatic carbocycles. The summed E-state index contributed by atoms with van der Waals surface area (Å²) in [7, 11) is 3.77. The molecule has 4 rings (SSSR count). The molecule has 1 saturated heterocycles. The Hall–Kier alpha value is -2.90. The molecule has 8 heteroatoms. The van der Waals surface area contributed by atoms with Gasteiger partial charge in [0.05, 0.1) is 0 Å². The number of anilines is 1. The SMILES string of the molecule is Cn1nccc1C(=O)NC1CCN(c2nc3cccnc3n2C)CC1. The first-order valence-corrected chi connectivity index (χ1v) is 8.45. The molecule has 0 saturated carbocycles. The highest BCUT2D eigenvalue weighted by Gasteiger charge is 2.25. The molecule has 1 amide bonds. The number of hydrogen-bond donors (Lipinski definition) is 1. The molecule has 0 bridgehead atoms. The highest BCUT2D eigenvalue weighted by atomic mass is 16.2. The zero-order chi connectivity index (χ0) is 17.4. The van der Waals surface area contributed by atoms with Crippen LogP contribution in [-0.2, 0) is 14.1 Å². The summed E-state index contributed by atoms with van der Waals surface area (Å²) in [6.45, 7) is 1.71. The Morgan fingerprint density at radius 2 is 2.00 bits per heavy atom. The number of carbonyl (C=O) groups is 1. The van der Waals surface area contributed by atoms with Crippen LogP contribution in [0.3, 0.4) is 0 Å². The second-order valence-electron chi connectivity index (χ2n) is 6.39. The maximum atomic E-state index is 12.3. The van der Waals surface area contributed by atoms with E-state index in [4.69, 9.17) is 4.98 Å². The fraction of sp³-hybridized carbons (Fsp3) is 0.412. The van der Waals surface area contributed by atoms with Gasteiger partial charge in [-0.2, -0.15) is 5.10 Å². The summed E-state index contributed by atoms with van der Waals surface area (Å²) in [5.41, 5.74) is 2.39. The summed E-state index contributed by atoms with van der Waals surface area (Å²) < 4.78 is 3.63. The van der Waals surface area contributed by atoms with Crippen molar-refractivity contribution < 1.29 is 4.79 Å². The molecule has 1 fully saturated rings. The number of nitrogens with zero attached hydrogens (tertiary/aromatic N) is 6. The van der Waals surface area contributed by atoms with Crippen LogP contribution in [0.2, 0.25) is 0 Å². The molecule has 1 aliphatic rings. The molecule has 4 heterocycles. The zero-order valence-electron chi connectivity index (χ0n) is 14.4. The maximum absolute atomic E-state index is 12.3. The molecule has 8 nitrogen and oxygen atoms in total. The molecule has 0 radical (unpaired) electrons. The zero-order valence-corrected chi connectivity index (χ0v) is 14.4. The predicted octanol–water partition coefficient (Wildman–Crippen LogP) is 1.10. The van der Waals surface area contributed by atoms with Crippen LogP contribution in [0.25, 0.3) is 11.2 Å². The second-order valence-corrected chi connectivity index (χ2v) is 6.39. The number of aromatic nitrogens is 5. The Balaban J connectivity index is 1.42. The fourth-order valence-corrected chi connectivity index (χ4v) is 3.37. The number of piperidine rings is 1. The van der Waals surface area contributed by atoms with Crippen molar-refractivity contribution in [1.29, 1.82) is 0 Å². The lowest BCUT2D eigenvalue weighted by Crippen LogP contribution is -2.45. The summed E-state index contributed by atoms with van der Waals surface area (Å²) in [5, 5.41) is 7.15. The lowest BCUT2D eigenvalue weighted by Gasteiger charge is -2.32. The molecular weight excluding hydrogens is 318 g/mol. The van der Waals surface area contributed by atoms with Crippen LogP contribution >= 0.6 is 0 Å². The topological polar surface area (TPSA) is 80.9 Å². The Morgan fingerprint density at radius 1 is 1.20 bits per heavy atom. The summed E-state index contributed by atoms with van der Waals surface area (Å²) in [4.78, 5) is 23.7. The van der Waals surface area contributed by atoms with Gasteiger partial charge in [0, 0.05) is 45.6 Å². The van der Waals surface area contributed by atoms with Crippen molar-refractivity contribution in [3.05, 3.63) is 36.3 Å². The molecule has 0 atom stereocenters. The molecule has 130 valence electrons. The van der Waals surface area contributed by atoms with Gasteiger partial charge < -0.3 is 10.2 Å². The summed E-state index contributed by atoms with van der Waals surface area (Å²) in [6.07, 6.45) is 5.20. The van der Waals surface area contributed by atoms with Gasteiger partial charge in [0.1, 0.15) is 11.2 Å². The van der Waals surface area contributed by atoms with E-state index in [1.165, 1.54) is 0 Å². The molecule has 0 aromatic carbocycles. The van der Waals surface area contributed by atoms with E-state index in [1.807, 2.05) is 23.7 Å². The lowest BCUT2D eigenvalue weighted by atomic mass is 10.1. The average molecular weight is 339 g/mol. The van der Waals surface area contributed by atoms with Gasteiger partial charge in [0.2, 0.25) is 5.95 Å². The minimum Gasteiger partial charge on any atom is -0.348 e. The van der Waals surface area contributed by atoms with Crippen LogP contribution in [0.15, 0.2) is 30.6 Å². The van der Waals surface area contributed by atoms with Crippen molar-refractivity contribution in [2.45, 2.75) is 18.9 Å². The van der Waals surface area contributed by atoms with Gasteiger partial charge in [-0.3, -0.25) is 14.0 Å². The van der Waals surface area contributed by atoms with Crippen LogP contribution in [0, 0.1) is 0 Å². The molecular formula is C17H21N7O. The molecule has 1 aliphatic heterocycles. The van der Waals surface area contributed by atoms with Gasteiger partial charge in [0.25, 0.3) is 5.91 Å². The molecule has 3 aromatic rings. The largest absolute Gasteiger partial charge is 0.348 e. The standard InChI is InChI=1S/C17H21N7O/c1-22-15-13(4-3-8-18-15)21-17(22)24-10-6-12(7-11-24)20-16(25)14-5-9-19-23(14)2/h3-5,8-9,12H,6-7,10-11H2,1-2H3,(H,20,25). The minimum atomic E-state index is -0.0645. The van der Waals surface area contributed by atoms with Gasteiger partial charge in [0.15, 0.2) is 5.65 Å². The number of pyridine rings is 1. The van der Waals surface area contributed by atoms with Gasteiger partial charge >= 0.3 is 0 Å². The normalized spacial score (nSPS) is 15.7. The number of fused-ring (bicyclic) bond motifs is 1. The third-order valence-electron chi connectivity index (χ3n) is 4.77. The number of carbonyl (C=O) groups excluding carboxylic acids is 1. The van der Waals surface area contributed by atoms with Crippen LogP contribution in [-0.4, -0.2) is 49.4 Å². The van der Waals surface area contributed by atoms with Crippen molar-refractivity contribution in [2.24, 2.45) is 14.1 Å². The Morgan fingerprint density at radius 3 is 2.68 bits per heavy atom. The minimum absolute atomic E-state index is 0.0645. The van der Waals surface area contributed by atoms with Crippen LogP contribution in [0.5, 0.6) is 0 Å². The quantitative estimate of drug-likeness (QED) is 0.773. The number of hydrogen-bond acceptors (Lipinski definition) is 5. The van der Waals surface area contributed by atoms with E-state index in [2.05, 4.69) is 20.3 Å². The average Bonchev–Trinajstić information content (AvgIpc) is 3.20. The molecule has 0 unspecified atom stereocenters. The van der Waals surface area contributed by atoms with E-state index in [1.54, 1.807) is 30.2 Å². The van der Waals surface area contributed by atoms with Crippen LogP contribution in [0.1, 0.15) is 23.3 Å². The first kappa shape index (κ1) is 15.6. The second kappa shape index (κ2) is 6.19. The monoisotopic (exact) mass is 339 g/mol. The molecule has 3 aromatic heterocycles. The lowest BCUT2D eigenvalue weighted by molar-refractivity contribution is 0.0921. The number of nitrogens with one attached hydrogen (secondary N) is 1. The molecule has 1 N–H and O–H groups in total. The maximum Gasteiger partial charge on any atom is 0.269 e. The molecule has 25 heavy (non-hydrogen) atoms. The Kier molecular flexibility index (Phi) is 3.87. The Labute approximate surface area is 145 Å². The first-order chi connectivity index (χ1) is 12.1. The van der Waals surface area contributed by atoms with E-state index < -0.39 is 0 Å². The summed E-state index contributed by atoms with van der Waals surface area (Å²) >= 11 is 0. The highest BCUT2D eigenvalue weighted by Crippen LogP contribution is 2.22. The highest BCUT2D eigenvalue weighted by molar-refractivity contribution is 5.92. The van der Waals surface area contributed by atoms with E-state index in [-0.39, 0.29) is 11.9 Å². The van der Waals surface area contributed by atoms with Crippen LogP contribution in [0.4, 0.5) is 5.95 Å².